The Morgan fingerprint density at radius 3 is 2.67 bits per heavy atom. The van der Waals surface area contributed by atoms with Gasteiger partial charge in [-0.3, -0.25) is 14.4 Å². The van der Waals surface area contributed by atoms with Gasteiger partial charge in [0, 0.05) is 31.6 Å². The van der Waals surface area contributed by atoms with Crippen LogP contribution in [0.15, 0.2) is 6.20 Å². The maximum atomic E-state index is 13.9. The molecule has 0 bridgehead atoms. The third kappa shape index (κ3) is 3.03. The molecule has 3 heterocycles. The molecule has 2 saturated heterocycles. The molecule has 4 rings (SSSR count). The van der Waals surface area contributed by atoms with E-state index < -0.39 is 5.92 Å². The molecule has 1 saturated carbocycles. The Kier molecular flexibility index (Phi) is 4.02. The van der Waals surface area contributed by atoms with E-state index in [1.807, 2.05) is 4.90 Å². The van der Waals surface area contributed by atoms with Crippen LogP contribution in [0.4, 0.5) is 8.78 Å². The van der Waals surface area contributed by atoms with E-state index >= 15 is 0 Å². The van der Waals surface area contributed by atoms with Crippen molar-refractivity contribution in [1.82, 2.24) is 24.8 Å². The van der Waals surface area contributed by atoms with Crippen LogP contribution < -0.4 is 0 Å². The van der Waals surface area contributed by atoms with Crippen molar-refractivity contribution >= 4 is 5.91 Å². The van der Waals surface area contributed by atoms with Crippen molar-refractivity contribution in [3.05, 3.63) is 11.9 Å². The zero-order valence-electron chi connectivity index (χ0n) is 13.7. The van der Waals surface area contributed by atoms with Gasteiger partial charge < -0.3 is 4.90 Å². The molecule has 2 aliphatic heterocycles. The van der Waals surface area contributed by atoms with Crippen LogP contribution in [-0.4, -0.2) is 68.3 Å². The second-order valence-electron chi connectivity index (χ2n) is 7.30. The summed E-state index contributed by atoms with van der Waals surface area (Å²) in [7, 11) is 0. The van der Waals surface area contributed by atoms with Gasteiger partial charge in [0.2, 0.25) is 0 Å². The first-order valence-corrected chi connectivity index (χ1v) is 8.85. The second-order valence-corrected chi connectivity index (χ2v) is 7.30. The van der Waals surface area contributed by atoms with E-state index in [-0.39, 0.29) is 31.0 Å². The van der Waals surface area contributed by atoms with E-state index in [2.05, 4.69) is 10.3 Å². The third-order valence-corrected chi connectivity index (χ3v) is 5.51. The van der Waals surface area contributed by atoms with Crippen molar-refractivity contribution in [3.8, 4) is 0 Å². The van der Waals surface area contributed by atoms with E-state index in [1.165, 1.54) is 0 Å². The maximum Gasteiger partial charge on any atom is 0.276 e. The Morgan fingerprint density at radius 1 is 1.25 bits per heavy atom. The van der Waals surface area contributed by atoms with Crippen molar-refractivity contribution in [1.29, 1.82) is 0 Å². The quantitative estimate of drug-likeness (QED) is 0.839. The van der Waals surface area contributed by atoms with Crippen molar-refractivity contribution < 1.29 is 13.6 Å². The SMILES string of the molecule is O=C(c1cn(C[C@@H]2CC(F)(F)CN2C2CCC2)nn1)N1CCCC1. The molecular formula is C16H23F2N5O. The maximum absolute atomic E-state index is 13.9. The lowest BCUT2D eigenvalue weighted by Gasteiger charge is -2.38. The highest BCUT2D eigenvalue weighted by Crippen LogP contribution is 2.38. The molecular weight excluding hydrogens is 316 g/mol. The van der Waals surface area contributed by atoms with Gasteiger partial charge in [0.1, 0.15) is 0 Å². The van der Waals surface area contributed by atoms with E-state index in [9.17, 15) is 13.6 Å². The number of likely N-dealkylation sites (tertiary alicyclic amines) is 2. The molecule has 1 aromatic heterocycles. The minimum absolute atomic E-state index is 0.105. The Morgan fingerprint density at radius 2 is 2.00 bits per heavy atom. The molecule has 0 radical (unpaired) electrons. The predicted molar refractivity (Wildman–Crippen MR) is 82.9 cm³/mol. The van der Waals surface area contributed by atoms with Crippen molar-refractivity contribution in [3.63, 3.8) is 0 Å². The minimum Gasteiger partial charge on any atom is -0.337 e. The number of rotatable bonds is 4. The number of nitrogens with zero attached hydrogens (tertiary/aromatic N) is 5. The first-order valence-electron chi connectivity index (χ1n) is 8.85. The van der Waals surface area contributed by atoms with E-state index in [0.717, 1.165) is 45.2 Å². The molecule has 0 spiro atoms. The average Bonchev–Trinajstić information content (AvgIpc) is 3.18. The lowest BCUT2D eigenvalue weighted by Crippen LogP contribution is -2.45. The summed E-state index contributed by atoms with van der Waals surface area (Å²) in [6, 6.07) is 0.0411. The van der Waals surface area contributed by atoms with Gasteiger partial charge in [-0.2, -0.15) is 0 Å². The molecule has 1 amide bonds. The van der Waals surface area contributed by atoms with Gasteiger partial charge in [-0.15, -0.1) is 5.10 Å². The predicted octanol–water partition coefficient (Wildman–Crippen LogP) is 1.78. The Labute approximate surface area is 139 Å². The van der Waals surface area contributed by atoms with Crippen LogP contribution in [0.5, 0.6) is 0 Å². The highest BCUT2D eigenvalue weighted by atomic mass is 19.3. The van der Waals surface area contributed by atoms with Gasteiger partial charge in [-0.05, 0) is 25.7 Å². The number of hydrogen-bond acceptors (Lipinski definition) is 4. The van der Waals surface area contributed by atoms with Gasteiger partial charge in [-0.1, -0.05) is 11.6 Å². The zero-order chi connectivity index (χ0) is 16.7. The summed E-state index contributed by atoms with van der Waals surface area (Å²) in [5.41, 5.74) is 0.317. The van der Waals surface area contributed by atoms with E-state index in [1.54, 1.807) is 15.8 Å². The smallest absolute Gasteiger partial charge is 0.276 e. The fourth-order valence-electron chi connectivity index (χ4n) is 4.02. The number of amides is 1. The van der Waals surface area contributed by atoms with Crippen molar-refractivity contribution in [2.75, 3.05) is 19.6 Å². The molecule has 3 fully saturated rings. The number of alkyl halides is 2. The Balaban J connectivity index is 1.43. The molecule has 1 aromatic rings. The van der Waals surface area contributed by atoms with Gasteiger partial charge in [0.15, 0.2) is 5.69 Å². The Hall–Kier alpha value is -1.57. The van der Waals surface area contributed by atoms with Crippen LogP contribution in [0.25, 0.3) is 0 Å². The minimum atomic E-state index is -2.63. The first kappa shape index (κ1) is 15.9. The molecule has 1 aliphatic carbocycles. The van der Waals surface area contributed by atoms with Crippen LogP contribution in [0, 0.1) is 0 Å². The van der Waals surface area contributed by atoms with E-state index in [0.29, 0.717) is 12.2 Å². The highest BCUT2D eigenvalue weighted by Gasteiger charge is 2.48. The van der Waals surface area contributed by atoms with Crippen molar-refractivity contribution in [2.45, 2.75) is 63.1 Å². The number of carbonyl (C=O) groups is 1. The monoisotopic (exact) mass is 339 g/mol. The van der Waals surface area contributed by atoms with Gasteiger partial charge in [0.25, 0.3) is 11.8 Å². The van der Waals surface area contributed by atoms with Crippen LogP contribution in [0.3, 0.4) is 0 Å². The molecule has 0 aromatic carbocycles. The summed E-state index contributed by atoms with van der Waals surface area (Å²) in [5, 5.41) is 7.96. The highest BCUT2D eigenvalue weighted by molar-refractivity contribution is 5.92. The van der Waals surface area contributed by atoms with E-state index in [4.69, 9.17) is 0 Å². The second kappa shape index (κ2) is 6.06. The lowest BCUT2D eigenvalue weighted by molar-refractivity contribution is 0.00218. The number of halogens is 2. The van der Waals surface area contributed by atoms with Crippen LogP contribution in [0.1, 0.15) is 49.0 Å². The van der Waals surface area contributed by atoms with Crippen LogP contribution >= 0.6 is 0 Å². The average molecular weight is 339 g/mol. The molecule has 132 valence electrons. The fourth-order valence-corrected chi connectivity index (χ4v) is 4.02. The zero-order valence-corrected chi connectivity index (χ0v) is 13.7. The van der Waals surface area contributed by atoms with Gasteiger partial charge in [0.05, 0.1) is 19.3 Å². The lowest BCUT2D eigenvalue weighted by atomic mass is 9.91. The number of aromatic nitrogens is 3. The van der Waals surface area contributed by atoms with Gasteiger partial charge in [-0.25, -0.2) is 8.78 Å². The molecule has 8 heteroatoms. The van der Waals surface area contributed by atoms with Crippen molar-refractivity contribution in [2.24, 2.45) is 0 Å². The summed E-state index contributed by atoms with van der Waals surface area (Å²) in [6.45, 7) is 1.73. The molecule has 24 heavy (non-hydrogen) atoms. The first-order chi connectivity index (χ1) is 11.5. The topological polar surface area (TPSA) is 54.3 Å². The number of hydrogen-bond donors (Lipinski definition) is 0. The molecule has 3 aliphatic rings. The normalized spacial score (nSPS) is 27.6. The Bertz CT molecular complexity index is 609. The summed E-state index contributed by atoms with van der Waals surface area (Å²) < 4.78 is 29.3. The standard InChI is InChI=1S/C16H23F2N5O/c17-16(18)8-13(23(11-16)12-4-3-5-12)9-22-10-14(19-20-22)15(24)21-6-1-2-7-21/h10,12-13H,1-9,11H2/t13-/m0/s1. The summed E-state index contributed by atoms with van der Waals surface area (Å²) in [5.74, 6) is -2.74. The molecule has 0 unspecified atom stereocenters. The largest absolute Gasteiger partial charge is 0.337 e. The molecule has 1 atom stereocenters. The number of carbonyl (C=O) groups excluding carboxylic acids is 1. The van der Waals surface area contributed by atoms with Crippen LogP contribution in [0.2, 0.25) is 0 Å². The third-order valence-electron chi connectivity index (χ3n) is 5.51. The fraction of sp³-hybridized carbons (Fsp3) is 0.812. The summed E-state index contributed by atoms with van der Waals surface area (Å²) >= 11 is 0. The summed E-state index contributed by atoms with van der Waals surface area (Å²) in [6.07, 6.45) is 6.64. The molecule has 0 N–H and O–H groups in total. The summed E-state index contributed by atoms with van der Waals surface area (Å²) in [4.78, 5) is 16.0. The molecule has 6 nitrogen and oxygen atoms in total. The van der Waals surface area contributed by atoms with Crippen LogP contribution in [-0.2, 0) is 6.54 Å². The van der Waals surface area contributed by atoms with Gasteiger partial charge >= 0.3 is 0 Å².